The van der Waals surface area contributed by atoms with Crippen molar-refractivity contribution in [2.24, 2.45) is 17.2 Å². The number of benzene rings is 1. The van der Waals surface area contributed by atoms with Gasteiger partial charge in [0.2, 0.25) is 0 Å². The quantitative estimate of drug-likeness (QED) is 0.179. The molecule has 1 unspecified atom stereocenters. The van der Waals surface area contributed by atoms with Crippen LogP contribution in [0.5, 0.6) is 0 Å². The summed E-state index contributed by atoms with van der Waals surface area (Å²) in [7, 11) is 1.88. The Morgan fingerprint density at radius 1 is 1.17 bits per heavy atom. The molecule has 11 heteroatoms. The van der Waals surface area contributed by atoms with Crippen LogP contribution >= 0.6 is 23.2 Å². The van der Waals surface area contributed by atoms with E-state index in [1.165, 1.54) is 0 Å². The van der Waals surface area contributed by atoms with E-state index in [0.717, 1.165) is 70.5 Å². The monoisotopic (exact) mass is 743 g/mol. The number of aliphatic carboxylic acids is 1. The Kier molecular flexibility index (Phi) is 43.6. The van der Waals surface area contributed by atoms with Crippen molar-refractivity contribution in [1.29, 1.82) is 0 Å². The molecule has 1 aliphatic rings. The van der Waals surface area contributed by atoms with Gasteiger partial charge in [0.15, 0.2) is 0 Å². The van der Waals surface area contributed by atoms with Gasteiger partial charge in [-0.15, -0.1) is 0 Å². The molecule has 2 rings (SSSR count). The molecule has 0 aromatic heterocycles. The molecule has 1 aliphatic carbocycles. The first kappa shape index (κ1) is 45.4. The first-order chi connectivity index (χ1) is 17.1. The fraction of sp³-hybridized carbons (Fsp3) is 0.680. The molecule has 1 saturated carbocycles. The van der Waals surface area contributed by atoms with Gasteiger partial charge in [-0.1, -0.05) is 82.3 Å². The zero-order chi connectivity index (χ0) is 29.6. The maximum absolute atomic E-state index is 10.6. The van der Waals surface area contributed by atoms with Crippen molar-refractivity contribution in [3.63, 3.8) is 0 Å². The van der Waals surface area contributed by atoms with Gasteiger partial charge >= 0.3 is 36.5 Å². The molecule has 1 fully saturated rings. The van der Waals surface area contributed by atoms with Crippen LogP contribution in [0.15, 0.2) is 18.2 Å². The SMILES string of the molecule is CC.CC.CC(N)Cc1cccc(Cl)c1Cl.CNCCN.NC1(C(=O)O)CCCCC1.O=CO.[CH3][Hg]. The Hall–Kier alpha value is -0.485. The predicted molar refractivity (Wildman–Crippen MR) is 152 cm³/mol. The van der Waals surface area contributed by atoms with E-state index in [2.05, 4.69) is 9.75 Å². The van der Waals surface area contributed by atoms with Crippen molar-refractivity contribution in [3.05, 3.63) is 33.8 Å². The zero-order valence-electron chi connectivity index (χ0n) is 23.4. The normalized spacial score (nSPS) is 13.1. The number of carboxylic acid groups (broad SMARTS) is 2. The Morgan fingerprint density at radius 2 is 1.61 bits per heavy atom. The molecule has 9 N–H and O–H groups in total. The van der Waals surface area contributed by atoms with Crippen molar-refractivity contribution < 1.29 is 45.9 Å². The maximum atomic E-state index is 10.6. The number of halogens is 2. The predicted octanol–water partition coefficient (Wildman–Crippen LogP) is 5.11. The molecule has 0 bridgehead atoms. The second-order valence-corrected chi connectivity index (χ2v) is 7.70. The van der Waals surface area contributed by atoms with Crippen LogP contribution in [0.25, 0.3) is 0 Å². The summed E-state index contributed by atoms with van der Waals surface area (Å²) >= 11 is 12.8. The summed E-state index contributed by atoms with van der Waals surface area (Å²) in [5, 5.41) is 19.7. The fourth-order valence-corrected chi connectivity index (χ4v) is 2.99. The molecule has 1 aromatic rings. The molecule has 0 saturated heterocycles. The van der Waals surface area contributed by atoms with E-state index in [1.807, 2.05) is 53.8 Å². The molecule has 1 atom stereocenters. The van der Waals surface area contributed by atoms with Crippen LogP contribution in [0.4, 0.5) is 0 Å². The Morgan fingerprint density at radius 3 is 1.89 bits per heavy atom. The summed E-state index contributed by atoms with van der Waals surface area (Å²) in [4.78, 5) is 18.9. The summed E-state index contributed by atoms with van der Waals surface area (Å²) in [5.41, 5.74) is 16.4. The van der Waals surface area contributed by atoms with Gasteiger partial charge in [0.05, 0.1) is 10.0 Å². The Labute approximate surface area is 246 Å². The number of nitrogens with one attached hydrogen (secondary N) is 1. The van der Waals surface area contributed by atoms with Crippen molar-refractivity contribution in [1.82, 2.24) is 5.32 Å². The summed E-state index contributed by atoms with van der Waals surface area (Å²) in [6.07, 6.45) is 5.10. The number of rotatable bonds is 5. The van der Waals surface area contributed by atoms with Gasteiger partial charge in [-0.05, 0) is 44.9 Å². The molecule has 211 valence electrons. The van der Waals surface area contributed by atoms with Gasteiger partial charge in [0, 0.05) is 19.1 Å². The Bertz CT molecular complexity index is 605. The van der Waals surface area contributed by atoms with Crippen LogP contribution in [0.3, 0.4) is 0 Å². The first-order valence-electron chi connectivity index (χ1n) is 12.4. The third-order valence-corrected chi connectivity index (χ3v) is 5.00. The number of carboxylic acids is 1. The minimum absolute atomic E-state index is 0.112. The van der Waals surface area contributed by atoms with Crippen molar-refractivity contribution in [2.75, 3.05) is 20.1 Å². The number of likely N-dealkylation sites (N-methyl/N-ethyl adjacent to an activating group) is 1. The van der Waals surface area contributed by atoms with Crippen LogP contribution in [0.1, 0.15) is 72.3 Å². The third kappa shape index (κ3) is 28.1. The van der Waals surface area contributed by atoms with E-state index in [-0.39, 0.29) is 12.5 Å². The van der Waals surface area contributed by atoms with Gasteiger partial charge in [-0.2, -0.15) is 0 Å². The second kappa shape index (κ2) is 34.5. The van der Waals surface area contributed by atoms with Crippen LogP contribution < -0.4 is 22.5 Å². The molecule has 1 aromatic carbocycles. The molecule has 0 amide bonds. The number of hydrogen-bond donors (Lipinski definition) is 6. The van der Waals surface area contributed by atoms with E-state index in [1.54, 1.807) is 6.07 Å². The van der Waals surface area contributed by atoms with E-state index in [0.29, 0.717) is 22.9 Å². The zero-order valence-corrected chi connectivity index (χ0v) is 30.5. The van der Waals surface area contributed by atoms with Gasteiger partial charge in [-0.25, -0.2) is 0 Å². The molecule has 36 heavy (non-hydrogen) atoms. The number of nitrogens with two attached hydrogens (primary N) is 3. The molecular weight excluding hydrogens is 692 g/mol. The van der Waals surface area contributed by atoms with E-state index in [9.17, 15) is 4.79 Å². The van der Waals surface area contributed by atoms with Gasteiger partial charge in [0.1, 0.15) is 5.54 Å². The van der Waals surface area contributed by atoms with Crippen molar-refractivity contribution in [2.45, 2.75) is 89.2 Å². The summed E-state index contributed by atoms with van der Waals surface area (Å²) in [6.45, 7) is 11.3. The van der Waals surface area contributed by atoms with Crippen LogP contribution in [-0.2, 0) is 42.1 Å². The van der Waals surface area contributed by atoms with Gasteiger partial charge in [0.25, 0.3) is 6.47 Å². The Balaban J connectivity index is -0.000000120. The standard InChI is InChI=1S/C9H11Cl2N.C7H13NO2.C3H10N2.2C2H6.CH2O2.CH3.Hg/c1-6(12)5-7-3-2-4-8(10)9(7)11;8-7(6(9)10)4-2-1-3-5-7;1-5-3-2-4;2*1-2;2-1-3;;/h2-4,6H,5,12H2,1H3;1-5,8H2,(H,9,10);5H,2-4H2,1H3;2*1-2H3;1H,(H,2,3);1H3;. The third-order valence-electron chi connectivity index (χ3n) is 4.14. The van der Waals surface area contributed by atoms with Crippen LogP contribution in [-0.4, -0.2) is 54.4 Å². The minimum atomic E-state index is -0.905. The molecule has 8 nitrogen and oxygen atoms in total. The second-order valence-electron chi connectivity index (χ2n) is 6.91. The number of carbonyl (C=O) groups is 2. The average molecular weight is 743 g/mol. The molecular formula is C25H51Cl2HgN4O4. The van der Waals surface area contributed by atoms with Crippen molar-refractivity contribution in [3.8, 4) is 0 Å². The topological polar surface area (TPSA) is 165 Å². The average Bonchev–Trinajstić information content (AvgIpc) is 2.88. The fourth-order valence-electron chi connectivity index (χ4n) is 2.59. The van der Waals surface area contributed by atoms with Crippen LogP contribution in [0, 0.1) is 0 Å². The molecule has 0 radical (unpaired) electrons. The van der Waals surface area contributed by atoms with E-state index >= 15 is 0 Å². The van der Waals surface area contributed by atoms with E-state index in [4.69, 9.17) is 55.4 Å². The van der Waals surface area contributed by atoms with Crippen LogP contribution in [0.2, 0.25) is 14.5 Å². The van der Waals surface area contributed by atoms with Gasteiger partial charge < -0.3 is 32.7 Å². The summed E-state index contributed by atoms with van der Waals surface area (Å²) < 4.78 is 2.19. The molecule has 0 heterocycles. The number of hydrogen-bond acceptors (Lipinski definition) is 6. The molecule has 0 aliphatic heterocycles. The summed E-state index contributed by atoms with van der Waals surface area (Å²) in [5.74, 6) is -0.841. The van der Waals surface area contributed by atoms with E-state index < -0.39 is 11.5 Å². The van der Waals surface area contributed by atoms with Crippen molar-refractivity contribution >= 4 is 35.6 Å². The summed E-state index contributed by atoms with van der Waals surface area (Å²) in [6, 6.07) is 5.71. The van der Waals surface area contributed by atoms with Gasteiger partial charge in [-0.3, -0.25) is 9.59 Å². The molecule has 0 spiro atoms. The first-order valence-corrected chi connectivity index (χ1v) is 18.7.